The number of guanidine groups is 1. The van der Waals surface area contributed by atoms with Crippen LogP contribution in [-0.4, -0.2) is 49.9 Å². The summed E-state index contributed by atoms with van der Waals surface area (Å²) in [6, 6.07) is 4.94. The van der Waals surface area contributed by atoms with Gasteiger partial charge in [-0.2, -0.15) is 13.2 Å². The number of hydrogen-bond donors (Lipinski definition) is 1. The van der Waals surface area contributed by atoms with Gasteiger partial charge in [0, 0.05) is 20.1 Å². The van der Waals surface area contributed by atoms with E-state index in [9.17, 15) is 21.6 Å². The Bertz CT molecular complexity index is 737. The summed E-state index contributed by atoms with van der Waals surface area (Å²) in [4.78, 5) is 6.08. The van der Waals surface area contributed by atoms with E-state index in [1.54, 1.807) is 32.7 Å². The van der Waals surface area contributed by atoms with Gasteiger partial charge >= 0.3 is 6.18 Å². The lowest BCUT2D eigenvalue weighted by atomic mass is 10.1. The summed E-state index contributed by atoms with van der Waals surface area (Å²) in [5.41, 5.74) is 0.000259. The molecule has 1 aromatic rings. The monoisotopic (exact) mass is 407 g/mol. The van der Waals surface area contributed by atoms with E-state index in [-0.39, 0.29) is 12.3 Å². The Balaban J connectivity index is 2.82. The second-order valence-electron chi connectivity index (χ2n) is 7.22. The number of halogens is 3. The molecule has 0 spiro atoms. The summed E-state index contributed by atoms with van der Waals surface area (Å²) >= 11 is 0. The zero-order chi connectivity index (χ0) is 20.9. The van der Waals surface area contributed by atoms with Crippen LogP contribution in [0.4, 0.5) is 13.2 Å². The van der Waals surface area contributed by atoms with Crippen molar-refractivity contribution in [1.29, 1.82) is 0 Å². The third-order valence-corrected chi connectivity index (χ3v) is 6.54. The van der Waals surface area contributed by atoms with E-state index in [0.29, 0.717) is 24.6 Å². The zero-order valence-electron chi connectivity index (χ0n) is 16.4. The van der Waals surface area contributed by atoms with Crippen molar-refractivity contribution in [2.45, 2.75) is 45.2 Å². The largest absolute Gasteiger partial charge is 0.416 e. The van der Waals surface area contributed by atoms with E-state index in [4.69, 9.17) is 0 Å². The normalized spacial score (nSPS) is 13.6. The number of alkyl halides is 3. The topological polar surface area (TPSA) is 61.8 Å². The van der Waals surface area contributed by atoms with Crippen molar-refractivity contribution < 1.29 is 21.6 Å². The lowest BCUT2D eigenvalue weighted by Gasteiger charge is -2.23. The maximum atomic E-state index is 12.6. The number of nitrogens with zero attached hydrogens (tertiary/aromatic N) is 2. The predicted octanol–water partition coefficient (Wildman–Crippen LogP) is 3.32. The molecule has 0 aliphatic heterocycles. The summed E-state index contributed by atoms with van der Waals surface area (Å²) in [5.74, 6) is 0.431. The molecule has 0 heterocycles. The van der Waals surface area contributed by atoms with E-state index in [2.05, 4.69) is 10.3 Å². The molecule has 0 atom stereocenters. The van der Waals surface area contributed by atoms with Crippen LogP contribution in [0.25, 0.3) is 0 Å². The molecule has 1 rings (SSSR count). The number of hydrogen-bond acceptors (Lipinski definition) is 3. The Labute approximate surface area is 159 Å². The highest BCUT2D eigenvalue weighted by Gasteiger charge is 2.30. The molecule has 0 amide bonds. The smallest absolute Gasteiger partial charge is 0.357 e. The van der Waals surface area contributed by atoms with Gasteiger partial charge in [0.2, 0.25) is 0 Å². The molecule has 1 N–H and O–H groups in total. The Hall–Kier alpha value is -1.77. The molecular weight excluding hydrogens is 379 g/mol. The van der Waals surface area contributed by atoms with E-state index in [1.807, 2.05) is 6.92 Å². The first-order valence-corrected chi connectivity index (χ1v) is 10.3. The Morgan fingerprint density at radius 3 is 2.15 bits per heavy atom. The molecule has 0 saturated carbocycles. The summed E-state index contributed by atoms with van der Waals surface area (Å²) in [7, 11) is -1.52. The van der Waals surface area contributed by atoms with Crippen molar-refractivity contribution in [2.75, 3.05) is 25.9 Å². The molecule has 0 aromatic heterocycles. The third kappa shape index (κ3) is 7.04. The van der Waals surface area contributed by atoms with Crippen molar-refractivity contribution in [3.8, 4) is 0 Å². The summed E-state index contributed by atoms with van der Waals surface area (Å²) < 4.78 is 61.4. The van der Waals surface area contributed by atoms with E-state index >= 15 is 0 Å². The fourth-order valence-corrected chi connectivity index (χ4v) is 3.14. The van der Waals surface area contributed by atoms with Crippen LogP contribution in [0.2, 0.25) is 0 Å². The van der Waals surface area contributed by atoms with E-state index in [0.717, 1.165) is 12.1 Å². The maximum absolute atomic E-state index is 12.6. The molecular formula is C18H28F3N3O2S. The van der Waals surface area contributed by atoms with Gasteiger partial charge in [0.05, 0.1) is 22.6 Å². The molecule has 154 valence electrons. The molecule has 0 unspecified atom stereocenters. The number of aliphatic imine (C=N–C) groups is 1. The molecule has 0 fully saturated rings. The summed E-state index contributed by atoms with van der Waals surface area (Å²) in [6.45, 7) is 7.86. The predicted molar refractivity (Wildman–Crippen MR) is 102 cm³/mol. The first-order valence-electron chi connectivity index (χ1n) is 8.66. The van der Waals surface area contributed by atoms with Gasteiger partial charge in [0.25, 0.3) is 0 Å². The highest BCUT2D eigenvalue weighted by atomic mass is 32.2. The van der Waals surface area contributed by atoms with Crippen LogP contribution < -0.4 is 5.32 Å². The molecule has 0 saturated heterocycles. The minimum absolute atomic E-state index is 0.0699. The first-order chi connectivity index (χ1) is 12.3. The van der Waals surface area contributed by atoms with Crippen LogP contribution in [0, 0.1) is 0 Å². The number of rotatable bonds is 6. The molecule has 5 nitrogen and oxygen atoms in total. The molecule has 0 radical (unpaired) electrons. The Morgan fingerprint density at radius 2 is 1.70 bits per heavy atom. The van der Waals surface area contributed by atoms with E-state index < -0.39 is 26.3 Å². The minimum Gasteiger partial charge on any atom is -0.357 e. The van der Waals surface area contributed by atoms with Gasteiger partial charge in [-0.3, -0.25) is 4.99 Å². The standard InChI is InChI=1S/C18H28F3N3O2S/c1-6-22-16(23-11-12-27(25,26)17(2,3)4)24(5)13-14-7-9-15(10-8-14)18(19,20)21/h7-10H,6,11-13H2,1-5H3,(H,22,23). The lowest BCUT2D eigenvalue weighted by Crippen LogP contribution is -2.39. The second-order valence-corrected chi connectivity index (χ2v) is 10.1. The first kappa shape index (κ1) is 23.3. The zero-order valence-corrected chi connectivity index (χ0v) is 17.2. The van der Waals surface area contributed by atoms with Gasteiger partial charge in [0.1, 0.15) is 0 Å². The highest BCUT2D eigenvalue weighted by molar-refractivity contribution is 7.92. The van der Waals surface area contributed by atoms with Crippen LogP contribution in [0.15, 0.2) is 29.3 Å². The summed E-state index contributed by atoms with van der Waals surface area (Å²) in [6.07, 6.45) is -4.36. The quantitative estimate of drug-likeness (QED) is 0.581. The Kier molecular flexibility index (Phi) is 7.71. The van der Waals surface area contributed by atoms with Crippen molar-refractivity contribution in [1.82, 2.24) is 10.2 Å². The third-order valence-electron chi connectivity index (χ3n) is 3.95. The van der Waals surface area contributed by atoms with Crippen LogP contribution in [0.3, 0.4) is 0 Å². The molecule has 9 heteroatoms. The fourth-order valence-electron chi connectivity index (χ4n) is 2.20. The van der Waals surface area contributed by atoms with Crippen molar-refractivity contribution >= 4 is 15.8 Å². The lowest BCUT2D eigenvalue weighted by molar-refractivity contribution is -0.137. The van der Waals surface area contributed by atoms with Gasteiger partial charge in [0.15, 0.2) is 15.8 Å². The average Bonchev–Trinajstić information content (AvgIpc) is 2.52. The molecule has 27 heavy (non-hydrogen) atoms. The van der Waals surface area contributed by atoms with Crippen LogP contribution in [0.5, 0.6) is 0 Å². The molecule has 0 aliphatic carbocycles. The average molecular weight is 408 g/mol. The highest BCUT2D eigenvalue weighted by Crippen LogP contribution is 2.29. The fraction of sp³-hybridized carbons (Fsp3) is 0.611. The van der Waals surface area contributed by atoms with Crippen molar-refractivity contribution in [2.24, 2.45) is 4.99 Å². The summed E-state index contributed by atoms with van der Waals surface area (Å²) in [5, 5.41) is 3.06. The van der Waals surface area contributed by atoms with Gasteiger partial charge < -0.3 is 10.2 Å². The van der Waals surface area contributed by atoms with Gasteiger partial charge in [-0.25, -0.2) is 8.42 Å². The SMILES string of the molecule is CCNC(=NCCS(=O)(=O)C(C)(C)C)N(C)Cc1ccc(C(F)(F)F)cc1. The molecule has 0 aliphatic rings. The van der Waals surface area contributed by atoms with Gasteiger partial charge in [-0.15, -0.1) is 0 Å². The van der Waals surface area contributed by atoms with E-state index in [1.165, 1.54) is 12.1 Å². The second kappa shape index (κ2) is 8.95. The van der Waals surface area contributed by atoms with Crippen LogP contribution >= 0.6 is 0 Å². The van der Waals surface area contributed by atoms with Gasteiger partial charge in [-0.1, -0.05) is 12.1 Å². The minimum atomic E-state index is -4.36. The molecule has 0 bridgehead atoms. The van der Waals surface area contributed by atoms with Crippen molar-refractivity contribution in [3.63, 3.8) is 0 Å². The number of sulfone groups is 1. The van der Waals surface area contributed by atoms with Crippen molar-refractivity contribution in [3.05, 3.63) is 35.4 Å². The van der Waals surface area contributed by atoms with Gasteiger partial charge in [-0.05, 0) is 45.4 Å². The molecule has 1 aromatic carbocycles. The maximum Gasteiger partial charge on any atom is 0.416 e. The Morgan fingerprint density at radius 1 is 1.15 bits per heavy atom. The van der Waals surface area contributed by atoms with Crippen LogP contribution in [0.1, 0.15) is 38.8 Å². The van der Waals surface area contributed by atoms with Crippen LogP contribution in [-0.2, 0) is 22.6 Å². The number of benzene rings is 1. The number of nitrogens with one attached hydrogen (secondary N) is 1.